The van der Waals surface area contributed by atoms with Crippen LogP contribution in [0.3, 0.4) is 0 Å². The first-order valence-corrected chi connectivity index (χ1v) is 12.8. The van der Waals surface area contributed by atoms with Gasteiger partial charge in [0.2, 0.25) is 5.69 Å². The number of ether oxygens (including phenoxy) is 2. The Bertz CT molecular complexity index is 1550. The molecule has 1 heterocycles. The van der Waals surface area contributed by atoms with Crippen molar-refractivity contribution in [3.8, 4) is 22.6 Å². The minimum atomic E-state index is -0.477. The van der Waals surface area contributed by atoms with E-state index in [2.05, 4.69) is 15.1 Å². The number of nitrogens with zero attached hydrogens (tertiary/aromatic N) is 1. The average molecular weight is 510 g/mol. The van der Waals surface area contributed by atoms with Crippen LogP contribution in [0.25, 0.3) is 26.9 Å². The fourth-order valence-corrected chi connectivity index (χ4v) is 5.19. The molecule has 1 aromatic heterocycles. The molecule has 0 saturated carbocycles. The Morgan fingerprint density at radius 2 is 1.82 bits per heavy atom. The van der Waals surface area contributed by atoms with Crippen molar-refractivity contribution < 1.29 is 19.4 Å². The summed E-state index contributed by atoms with van der Waals surface area (Å²) in [4.78, 5) is 20.5. The summed E-state index contributed by atoms with van der Waals surface area (Å²) in [5.41, 5.74) is 6.88. The van der Waals surface area contributed by atoms with Crippen LogP contribution in [-0.4, -0.2) is 41.9 Å². The molecular weight excluding hydrogens is 478 g/mol. The zero-order chi connectivity index (χ0) is 26.8. The number of aryl methyl sites for hydroxylation is 2. The van der Waals surface area contributed by atoms with Gasteiger partial charge in [0.25, 0.3) is 5.91 Å². The van der Waals surface area contributed by atoms with Crippen LogP contribution < -0.4 is 14.8 Å². The molecule has 5 rings (SSSR count). The van der Waals surface area contributed by atoms with E-state index in [-0.39, 0.29) is 18.6 Å². The number of aliphatic hydroxyl groups is 1. The number of hydrogen-bond donors (Lipinski definition) is 3. The van der Waals surface area contributed by atoms with Gasteiger partial charge in [-0.3, -0.25) is 4.79 Å². The second-order valence-electron chi connectivity index (χ2n) is 9.88. The zero-order valence-electron chi connectivity index (χ0n) is 21.8. The molecule has 0 radical (unpaired) electrons. The highest BCUT2D eigenvalue weighted by molar-refractivity contribution is 5.99. The molecule has 4 aromatic rings. The van der Waals surface area contributed by atoms with Crippen LogP contribution in [0.5, 0.6) is 11.5 Å². The number of hydrogen-bond acceptors (Lipinski definition) is 4. The molecule has 1 aliphatic rings. The Labute approximate surface area is 222 Å². The van der Waals surface area contributed by atoms with Gasteiger partial charge in [-0.25, -0.2) is 4.85 Å². The highest BCUT2D eigenvalue weighted by Crippen LogP contribution is 2.42. The molecule has 0 spiro atoms. The number of rotatable bonds is 8. The molecule has 0 fully saturated rings. The molecule has 194 valence electrons. The molecule has 1 atom stereocenters. The van der Waals surface area contributed by atoms with Crippen molar-refractivity contribution >= 4 is 22.5 Å². The van der Waals surface area contributed by atoms with Crippen molar-refractivity contribution in [3.05, 3.63) is 88.4 Å². The van der Waals surface area contributed by atoms with E-state index in [1.165, 1.54) is 0 Å². The maximum Gasteiger partial charge on any atom is 0.255 e. The molecule has 0 bridgehead atoms. The maximum absolute atomic E-state index is 13.7. The molecule has 7 heteroatoms. The van der Waals surface area contributed by atoms with Crippen LogP contribution in [-0.2, 0) is 19.3 Å². The van der Waals surface area contributed by atoms with E-state index in [1.807, 2.05) is 68.6 Å². The van der Waals surface area contributed by atoms with Gasteiger partial charge in [0, 0.05) is 17.1 Å². The molecule has 0 aliphatic heterocycles. The lowest BCUT2D eigenvalue weighted by molar-refractivity contribution is 0.0910. The number of fused-ring (bicyclic) bond motifs is 4. The van der Waals surface area contributed by atoms with Gasteiger partial charge < -0.3 is 24.9 Å². The van der Waals surface area contributed by atoms with Gasteiger partial charge in [-0.2, -0.15) is 0 Å². The molecule has 1 amide bonds. The van der Waals surface area contributed by atoms with Crippen LogP contribution in [0.15, 0.2) is 54.7 Å². The van der Waals surface area contributed by atoms with E-state index in [4.69, 9.17) is 16.0 Å². The van der Waals surface area contributed by atoms with E-state index in [1.54, 1.807) is 7.11 Å². The van der Waals surface area contributed by atoms with Gasteiger partial charge in [0.15, 0.2) is 0 Å². The summed E-state index contributed by atoms with van der Waals surface area (Å²) in [5, 5.41) is 14.2. The summed E-state index contributed by atoms with van der Waals surface area (Å²) < 4.78 is 11.5. The lowest BCUT2D eigenvalue weighted by atomic mass is 9.84. The lowest BCUT2D eigenvalue weighted by Gasteiger charge is -2.25. The number of amides is 1. The lowest BCUT2D eigenvalue weighted by Crippen LogP contribution is -2.39. The minimum Gasteiger partial charge on any atom is -0.508 e. The van der Waals surface area contributed by atoms with Crippen LogP contribution in [0.2, 0.25) is 0 Å². The van der Waals surface area contributed by atoms with Crippen molar-refractivity contribution in [1.82, 2.24) is 10.3 Å². The first-order chi connectivity index (χ1) is 18.4. The average Bonchev–Trinajstić information content (AvgIpc) is 3.33. The number of H-pyrrole nitrogens is 1. The molecule has 0 unspecified atom stereocenters. The van der Waals surface area contributed by atoms with Gasteiger partial charge in [0.1, 0.15) is 11.5 Å². The highest BCUT2D eigenvalue weighted by Gasteiger charge is 2.25. The van der Waals surface area contributed by atoms with Gasteiger partial charge >= 0.3 is 0 Å². The summed E-state index contributed by atoms with van der Waals surface area (Å²) in [7, 11) is 1.57. The van der Waals surface area contributed by atoms with Crippen LogP contribution in [0.4, 0.5) is 5.69 Å². The summed E-state index contributed by atoms with van der Waals surface area (Å²) in [5.74, 6) is 0.763. The van der Waals surface area contributed by atoms with E-state index in [0.29, 0.717) is 29.2 Å². The summed E-state index contributed by atoms with van der Waals surface area (Å²) in [6.45, 7) is 11.2. The Morgan fingerprint density at radius 1 is 1.11 bits per heavy atom. The Kier molecular flexibility index (Phi) is 7.08. The Morgan fingerprint density at radius 3 is 2.50 bits per heavy atom. The van der Waals surface area contributed by atoms with Gasteiger partial charge in [-0.15, -0.1) is 0 Å². The molecule has 7 nitrogen and oxygen atoms in total. The number of aliphatic hydroxyl groups excluding tert-OH is 1. The molecule has 3 aromatic carbocycles. The number of para-hydroxylation sites is 1. The number of nitrogens with one attached hydrogen (secondary N) is 2. The normalized spacial score (nSPS) is 12.9. The summed E-state index contributed by atoms with van der Waals surface area (Å²) >= 11 is 0. The van der Waals surface area contributed by atoms with Gasteiger partial charge in [-0.1, -0.05) is 18.2 Å². The van der Waals surface area contributed by atoms with Crippen LogP contribution in [0, 0.1) is 6.57 Å². The van der Waals surface area contributed by atoms with Crippen molar-refractivity contribution in [1.29, 1.82) is 0 Å². The topological polar surface area (TPSA) is 87.9 Å². The van der Waals surface area contributed by atoms with Crippen molar-refractivity contribution in [3.63, 3.8) is 0 Å². The van der Waals surface area contributed by atoms with Crippen molar-refractivity contribution in [2.45, 2.75) is 45.3 Å². The SMILES string of the molecule is [C-]#[N+]c1cc2c(cc1OC)CCc1cc(OC(C)C)c(C(=O)N[C@@H](CO)Cc3c[nH]c4ccccc34)cc1-2. The van der Waals surface area contributed by atoms with E-state index in [0.717, 1.165) is 51.6 Å². The quantitative estimate of drug-likeness (QED) is 0.269. The summed E-state index contributed by atoms with van der Waals surface area (Å²) in [6.07, 6.45) is 3.88. The molecule has 3 N–H and O–H groups in total. The van der Waals surface area contributed by atoms with Crippen LogP contribution in [0.1, 0.15) is 40.9 Å². The first kappa shape index (κ1) is 25.4. The number of aromatic nitrogens is 1. The molecule has 1 aliphatic carbocycles. The number of aromatic amines is 1. The zero-order valence-corrected chi connectivity index (χ0v) is 21.8. The third-order valence-corrected chi connectivity index (χ3v) is 6.99. The number of carbonyl (C=O) groups excluding carboxylic acids is 1. The van der Waals surface area contributed by atoms with E-state index < -0.39 is 6.04 Å². The first-order valence-electron chi connectivity index (χ1n) is 12.8. The standard InChI is InChI=1S/C31H31N3O4/c1-18(2)38-29-12-19-9-10-20-13-30(37-4)28(32-3)15-25(20)24(19)14-26(29)31(36)34-22(17-35)11-21-16-33-27-8-6-5-7-23(21)27/h5-8,12-16,18,22,33,35H,9-11,17H2,1-2,4H3,(H,34,36)/t22-/m1/s1. The number of carbonyl (C=O) groups is 1. The molecule has 0 saturated heterocycles. The Hall–Kier alpha value is -4.28. The third-order valence-electron chi connectivity index (χ3n) is 6.99. The fourth-order valence-electron chi connectivity index (χ4n) is 5.19. The van der Waals surface area contributed by atoms with Crippen molar-refractivity contribution in [2.24, 2.45) is 0 Å². The summed E-state index contributed by atoms with van der Waals surface area (Å²) in [6, 6.07) is 15.1. The fraction of sp³-hybridized carbons (Fsp3) is 0.290. The molecular formula is C31H31N3O4. The largest absolute Gasteiger partial charge is 0.508 e. The number of methoxy groups -OCH3 is 1. The Balaban J connectivity index is 1.50. The third kappa shape index (κ3) is 4.83. The predicted molar refractivity (Wildman–Crippen MR) is 148 cm³/mol. The van der Waals surface area contributed by atoms with Gasteiger partial charge in [-0.05, 0) is 91.3 Å². The predicted octanol–water partition coefficient (Wildman–Crippen LogP) is 5.61. The van der Waals surface area contributed by atoms with E-state index >= 15 is 0 Å². The van der Waals surface area contributed by atoms with Crippen LogP contribution >= 0.6 is 0 Å². The maximum atomic E-state index is 13.7. The molecule has 38 heavy (non-hydrogen) atoms. The van der Waals surface area contributed by atoms with Crippen molar-refractivity contribution in [2.75, 3.05) is 13.7 Å². The highest BCUT2D eigenvalue weighted by atomic mass is 16.5. The van der Waals surface area contributed by atoms with E-state index in [9.17, 15) is 9.90 Å². The smallest absolute Gasteiger partial charge is 0.255 e. The van der Waals surface area contributed by atoms with Gasteiger partial charge in [0.05, 0.1) is 38.0 Å². The monoisotopic (exact) mass is 509 g/mol. The number of benzene rings is 3. The second-order valence-corrected chi connectivity index (χ2v) is 9.88. The second kappa shape index (κ2) is 10.6. The minimum absolute atomic E-state index is 0.117.